The number of methoxy groups -OCH3 is 1. The van der Waals surface area contributed by atoms with Crippen LogP contribution in [0.15, 0.2) is 195 Å². The second-order valence-corrected chi connectivity index (χ2v) is 15.9. The van der Waals surface area contributed by atoms with Crippen LogP contribution >= 0.6 is 0 Å². The highest BCUT2D eigenvalue weighted by Gasteiger charge is 2.20. The SMILES string of the molecule is COc1cc(N(c2ccc(C)cc2)c2ccc(/C=C/C=C(c3ccncc3)c3ccncc3)c3cc(-c4cccc(F)c4)ccc23)ccc1C=C(c1ccnc(C)c1)c1ccnc(C)c1. The van der Waals surface area contributed by atoms with Crippen molar-refractivity contribution in [2.24, 2.45) is 0 Å². The normalized spacial score (nSPS) is 11.1. The molecule has 0 bridgehead atoms. The minimum Gasteiger partial charge on any atom is -0.496 e. The molecule has 0 spiro atoms. The Morgan fingerprint density at radius 1 is 0.538 bits per heavy atom. The highest BCUT2D eigenvalue weighted by molar-refractivity contribution is 6.05. The molecule has 7 heteroatoms. The smallest absolute Gasteiger partial charge is 0.128 e. The first-order chi connectivity index (χ1) is 31.8. The van der Waals surface area contributed by atoms with Crippen molar-refractivity contribution in [1.82, 2.24) is 19.9 Å². The van der Waals surface area contributed by atoms with Gasteiger partial charge in [0.05, 0.1) is 12.8 Å². The van der Waals surface area contributed by atoms with Crippen LogP contribution in [0.4, 0.5) is 21.5 Å². The monoisotopic (exact) mass is 847 g/mol. The summed E-state index contributed by atoms with van der Waals surface area (Å²) in [6.45, 7) is 6.10. The van der Waals surface area contributed by atoms with Crippen LogP contribution in [0.1, 0.15) is 50.3 Å². The van der Waals surface area contributed by atoms with Crippen LogP contribution in [0, 0.1) is 26.6 Å². The minimum absolute atomic E-state index is 0.280. The lowest BCUT2D eigenvalue weighted by atomic mass is 9.95. The number of anilines is 3. The summed E-state index contributed by atoms with van der Waals surface area (Å²) in [5, 5.41) is 2.03. The molecule has 9 rings (SSSR count). The zero-order valence-electron chi connectivity index (χ0n) is 36.7. The number of aryl methyl sites for hydroxylation is 3. The van der Waals surface area contributed by atoms with E-state index in [-0.39, 0.29) is 5.82 Å². The maximum atomic E-state index is 14.7. The lowest BCUT2D eigenvalue weighted by Crippen LogP contribution is -2.11. The number of aromatic nitrogens is 4. The van der Waals surface area contributed by atoms with E-state index in [1.54, 1.807) is 44.0 Å². The second kappa shape index (κ2) is 19.0. The number of benzene rings is 5. The number of allylic oxidation sites excluding steroid dienone is 2. The summed E-state index contributed by atoms with van der Waals surface area (Å²) >= 11 is 0. The summed E-state index contributed by atoms with van der Waals surface area (Å²) in [4.78, 5) is 19.7. The Kier molecular flexibility index (Phi) is 12.3. The molecule has 0 saturated heterocycles. The van der Waals surface area contributed by atoms with Crippen LogP contribution in [0.2, 0.25) is 0 Å². The lowest BCUT2D eigenvalue weighted by Gasteiger charge is -2.28. The molecule has 0 radical (unpaired) electrons. The van der Waals surface area contributed by atoms with E-state index in [9.17, 15) is 4.39 Å². The Labute approximate surface area is 379 Å². The van der Waals surface area contributed by atoms with Crippen LogP contribution < -0.4 is 9.64 Å². The van der Waals surface area contributed by atoms with E-state index in [0.29, 0.717) is 0 Å². The number of rotatable bonds is 12. The maximum Gasteiger partial charge on any atom is 0.128 e. The third kappa shape index (κ3) is 9.41. The number of hydrogen-bond donors (Lipinski definition) is 0. The van der Waals surface area contributed by atoms with Gasteiger partial charge in [0.25, 0.3) is 0 Å². The van der Waals surface area contributed by atoms with Crippen molar-refractivity contribution in [3.05, 3.63) is 251 Å². The fraction of sp³-hybridized carbons (Fsp3) is 0.0690. The molecule has 0 aliphatic heterocycles. The molecule has 0 aliphatic rings. The van der Waals surface area contributed by atoms with Gasteiger partial charge in [0.1, 0.15) is 11.6 Å². The molecular weight excluding hydrogens is 802 g/mol. The molecule has 0 fully saturated rings. The van der Waals surface area contributed by atoms with E-state index >= 15 is 0 Å². The van der Waals surface area contributed by atoms with Crippen LogP contribution in [-0.2, 0) is 0 Å². The second-order valence-electron chi connectivity index (χ2n) is 15.9. The van der Waals surface area contributed by atoms with Crippen LogP contribution in [-0.4, -0.2) is 27.0 Å². The number of halogens is 1. The van der Waals surface area contributed by atoms with Crippen molar-refractivity contribution in [1.29, 1.82) is 0 Å². The summed E-state index contributed by atoms with van der Waals surface area (Å²) in [6.07, 6.45) is 19.4. The van der Waals surface area contributed by atoms with E-state index in [1.807, 2.05) is 68.7 Å². The molecular formula is C58H46FN5O. The van der Waals surface area contributed by atoms with Gasteiger partial charge >= 0.3 is 0 Å². The number of fused-ring (bicyclic) bond motifs is 1. The summed E-state index contributed by atoms with van der Waals surface area (Å²) < 4.78 is 20.9. The van der Waals surface area contributed by atoms with Crippen LogP contribution in [0.5, 0.6) is 5.75 Å². The molecule has 9 aromatic rings. The number of pyridine rings is 4. The van der Waals surface area contributed by atoms with Gasteiger partial charge < -0.3 is 9.64 Å². The third-order valence-electron chi connectivity index (χ3n) is 11.4. The standard InChI is InChI=1S/C58H46FN5O/c1-39-11-16-51(17-12-39)64(52-18-13-49(58(38-52)65-4)37-55(47-25-31-62-40(2)33-47)48-26-32-63-41(3)34-48)57-20-15-42(56-36-46(14-19-54(56)57)45-8-5-9-50(59)35-45)7-6-10-53(43-21-27-60-28-22-43)44-23-29-61-30-24-44/h5-38H,1-4H3/b7-6+. The summed E-state index contributed by atoms with van der Waals surface area (Å²) in [5.74, 6) is 0.440. The predicted octanol–water partition coefficient (Wildman–Crippen LogP) is 14.4. The molecule has 316 valence electrons. The predicted molar refractivity (Wildman–Crippen MR) is 265 cm³/mol. The van der Waals surface area contributed by atoms with Crippen molar-refractivity contribution >= 4 is 51.1 Å². The molecule has 4 heterocycles. The van der Waals surface area contributed by atoms with Crippen molar-refractivity contribution < 1.29 is 9.13 Å². The zero-order valence-corrected chi connectivity index (χ0v) is 36.7. The van der Waals surface area contributed by atoms with E-state index in [0.717, 1.165) is 106 Å². The van der Waals surface area contributed by atoms with Gasteiger partial charge in [-0.1, -0.05) is 66.3 Å². The van der Waals surface area contributed by atoms with Gasteiger partial charge in [-0.2, -0.15) is 0 Å². The summed E-state index contributed by atoms with van der Waals surface area (Å²) in [5.41, 5.74) is 15.8. The van der Waals surface area contributed by atoms with Crippen molar-refractivity contribution in [2.75, 3.05) is 12.0 Å². The Balaban J connectivity index is 1.21. The van der Waals surface area contributed by atoms with Gasteiger partial charge in [-0.3, -0.25) is 19.9 Å². The molecule has 0 saturated carbocycles. The van der Waals surface area contributed by atoms with E-state index in [1.165, 1.54) is 6.07 Å². The van der Waals surface area contributed by atoms with Crippen LogP contribution in [0.3, 0.4) is 0 Å². The number of hydrogen-bond acceptors (Lipinski definition) is 6. The van der Waals surface area contributed by atoms with E-state index in [4.69, 9.17) is 4.74 Å². The highest BCUT2D eigenvalue weighted by Crippen LogP contribution is 2.43. The van der Waals surface area contributed by atoms with Crippen LogP contribution in [0.25, 0.3) is 45.2 Å². The third-order valence-corrected chi connectivity index (χ3v) is 11.4. The van der Waals surface area contributed by atoms with Crippen molar-refractivity contribution in [3.63, 3.8) is 0 Å². The van der Waals surface area contributed by atoms with Gasteiger partial charge in [0, 0.05) is 77.0 Å². The first kappa shape index (κ1) is 42.0. The average Bonchev–Trinajstić information content (AvgIpc) is 3.33. The maximum absolute atomic E-state index is 14.7. The van der Waals surface area contributed by atoms with E-state index < -0.39 is 0 Å². The molecule has 0 aliphatic carbocycles. The molecule has 0 amide bonds. The van der Waals surface area contributed by atoms with Gasteiger partial charge in [-0.15, -0.1) is 0 Å². The first-order valence-electron chi connectivity index (χ1n) is 21.5. The Bertz CT molecular complexity index is 3150. The van der Waals surface area contributed by atoms with Gasteiger partial charge in [0.15, 0.2) is 0 Å². The molecule has 4 aromatic heterocycles. The van der Waals surface area contributed by atoms with Gasteiger partial charge in [0.2, 0.25) is 0 Å². The first-order valence-corrected chi connectivity index (χ1v) is 21.5. The van der Waals surface area contributed by atoms with Gasteiger partial charge in [-0.05, 0) is 179 Å². The zero-order chi connectivity index (χ0) is 44.7. The number of nitrogens with zero attached hydrogens (tertiary/aromatic N) is 5. The quantitative estimate of drug-likeness (QED) is 0.114. The molecule has 6 nitrogen and oxygen atoms in total. The molecule has 65 heavy (non-hydrogen) atoms. The van der Waals surface area contributed by atoms with E-state index in [2.05, 4.69) is 141 Å². The average molecular weight is 848 g/mol. The largest absolute Gasteiger partial charge is 0.496 e. The lowest BCUT2D eigenvalue weighted by molar-refractivity contribution is 0.414. The molecule has 0 N–H and O–H groups in total. The molecule has 0 unspecified atom stereocenters. The van der Waals surface area contributed by atoms with Gasteiger partial charge in [-0.25, -0.2) is 4.39 Å². The summed E-state index contributed by atoms with van der Waals surface area (Å²) in [6, 6.07) is 48.7. The van der Waals surface area contributed by atoms with Crippen molar-refractivity contribution in [2.45, 2.75) is 20.8 Å². The topological polar surface area (TPSA) is 64.0 Å². The number of ether oxygens (including phenoxy) is 1. The highest BCUT2D eigenvalue weighted by atomic mass is 19.1. The Hall–Kier alpha value is -8.29. The van der Waals surface area contributed by atoms with Crippen molar-refractivity contribution in [3.8, 4) is 16.9 Å². The minimum atomic E-state index is -0.280. The molecule has 5 aromatic carbocycles. The fourth-order valence-corrected chi connectivity index (χ4v) is 8.21. The fourth-order valence-electron chi connectivity index (χ4n) is 8.21. The summed E-state index contributed by atoms with van der Waals surface area (Å²) in [7, 11) is 1.72. The Morgan fingerprint density at radius 3 is 1.78 bits per heavy atom. The Morgan fingerprint density at radius 2 is 1.15 bits per heavy atom. The molecule has 0 atom stereocenters.